The molecule has 4 nitrogen and oxygen atoms in total. The first kappa shape index (κ1) is 14.5. The molecule has 2 N–H and O–H groups in total. The van der Waals surface area contributed by atoms with E-state index in [9.17, 15) is 8.42 Å². The Balaban J connectivity index is 1.93. The minimum atomic E-state index is -3.21. The molecule has 0 aliphatic carbocycles. The van der Waals surface area contributed by atoms with Crippen LogP contribution in [-0.2, 0) is 10.0 Å². The van der Waals surface area contributed by atoms with Gasteiger partial charge >= 0.3 is 0 Å². The highest BCUT2D eigenvalue weighted by molar-refractivity contribution is 7.89. The predicted molar refractivity (Wildman–Crippen MR) is 77.4 cm³/mol. The van der Waals surface area contributed by atoms with E-state index in [4.69, 9.17) is 0 Å². The summed E-state index contributed by atoms with van der Waals surface area (Å²) in [7, 11) is -3.21. The number of hydrogen-bond donors (Lipinski definition) is 2. The van der Waals surface area contributed by atoms with Crippen LogP contribution < -0.4 is 10.0 Å². The molecule has 2 rings (SSSR count). The molecule has 1 aliphatic rings. The van der Waals surface area contributed by atoms with Crippen LogP contribution in [-0.4, -0.2) is 27.3 Å². The van der Waals surface area contributed by atoms with E-state index in [-0.39, 0.29) is 17.7 Å². The van der Waals surface area contributed by atoms with Crippen molar-refractivity contribution in [1.29, 1.82) is 0 Å². The molecular formula is C14H22N2O2S. The Labute approximate surface area is 115 Å². The number of benzene rings is 1. The van der Waals surface area contributed by atoms with Crippen molar-refractivity contribution in [3.05, 3.63) is 35.9 Å². The summed E-state index contributed by atoms with van der Waals surface area (Å²) in [6, 6.07) is 9.49. The van der Waals surface area contributed by atoms with Crippen LogP contribution in [0.5, 0.6) is 0 Å². The molecule has 19 heavy (non-hydrogen) atoms. The predicted octanol–water partition coefficient (Wildman–Crippen LogP) is 1.67. The number of hydrogen-bond acceptors (Lipinski definition) is 3. The van der Waals surface area contributed by atoms with E-state index in [0.29, 0.717) is 0 Å². The quantitative estimate of drug-likeness (QED) is 0.863. The number of rotatable bonds is 5. The van der Waals surface area contributed by atoms with Crippen molar-refractivity contribution in [3.63, 3.8) is 0 Å². The number of piperidine rings is 1. The molecule has 0 amide bonds. The Morgan fingerprint density at radius 1 is 1.26 bits per heavy atom. The van der Waals surface area contributed by atoms with Crippen LogP contribution in [0.3, 0.4) is 0 Å². The first-order chi connectivity index (χ1) is 9.07. The van der Waals surface area contributed by atoms with Gasteiger partial charge in [0.15, 0.2) is 0 Å². The third kappa shape index (κ3) is 4.60. The normalized spacial score (nSPS) is 19.2. The minimum absolute atomic E-state index is 0.173. The average Bonchev–Trinajstić information content (AvgIpc) is 2.39. The standard InChI is InChI=1S/C14H22N2O2S/c1-12(14-5-3-2-4-6-14)16-19(17,18)11-13-7-9-15-10-8-13/h2-6,12-13,15-16H,7-11H2,1H3. The van der Waals surface area contributed by atoms with E-state index < -0.39 is 10.0 Å². The van der Waals surface area contributed by atoms with E-state index in [1.807, 2.05) is 37.3 Å². The van der Waals surface area contributed by atoms with E-state index in [2.05, 4.69) is 10.0 Å². The van der Waals surface area contributed by atoms with Gasteiger partial charge in [-0.25, -0.2) is 13.1 Å². The maximum absolute atomic E-state index is 12.2. The molecule has 1 fully saturated rings. The van der Waals surface area contributed by atoms with Gasteiger partial charge < -0.3 is 5.32 Å². The van der Waals surface area contributed by atoms with E-state index in [1.54, 1.807) is 0 Å². The van der Waals surface area contributed by atoms with Crippen LogP contribution in [0, 0.1) is 5.92 Å². The third-order valence-corrected chi connectivity index (χ3v) is 5.19. The van der Waals surface area contributed by atoms with Gasteiger partial charge in [0.25, 0.3) is 0 Å². The SMILES string of the molecule is CC(NS(=O)(=O)CC1CCNCC1)c1ccccc1. The van der Waals surface area contributed by atoms with Gasteiger partial charge in [-0.1, -0.05) is 30.3 Å². The maximum atomic E-state index is 12.2. The molecule has 1 atom stereocenters. The second-order valence-electron chi connectivity index (χ2n) is 5.23. The Kier molecular flexibility index (Phi) is 4.96. The molecule has 1 unspecified atom stereocenters. The van der Waals surface area contributed by atoms with Crippen LogP contribution in [0.4, 0.5) is 0 Å². The Morgan fingerprint density at radius 2 is 1.89 bits per heavy atom. The highest BCUT2D eigenvalue weighted by Gasteiger charge is 2.22. The largest absolute Gasteiger partial charge is 0.317 e. The topological polar surface area (TPSA) is 58.2 Å². The van der Waals surface area contributed by atoms with Gasteiger partial charge in [-0.05, 0) is 44.3 Å². The zero-order chi connectivity index (χ0) is 13.7. The Morgan fingerprint density at radius 3 is 2.53 bits per heavy atom. The van der Waals surface area contributed by atoms with Crippen molar-refractivity contribution in [2.24, 2.45) is 5.92 Å². The summed E-state index contributed by atoms with van der Waals surface area (Å²) in [5, 5.41) is 3.25. The fourth-order valence-corrected chi connectivity index (χ4v) is 4.21. The van der Waals surface area contributed by atoms with Gasteiger partial charge in [-0.2, -0.15) is 0 Å². The van der Waals surface area contributed by atoms with Gasteiger partial charge in [0, 0.05) is 6.04 Å². The number of nitrogens with one attached hydrogen (secondary N) is 2. The molecule has 0 radical (unpaired) electrons. The van der Waals surface area contributed by atoms with Crippen LogP contribution in [0.25, 0.3) is 0 Å². The van der Waals surface area contributed by atoms with Crippen molar-refractivity contribution >= 4 is 10.0 Å². The van der Waals surface area contributed by atoms with E-state index in [1.165, 1.54) is 0 Å². The Hall–Kier alpha value is -0.910. The highest BCUT2D eigenvalue weighted by Crippen LogP contribution is 2.17. The average molecular weight is 282 g/mol. The minimum Gasteiger partial charge on any atom is -0.317 e. The molecule has 1 aliphatic heterocycles. The van der Waals surface area contributed by atoms with Crippen molar-refractivity contribution in [2.75, 3.05) is 18.8 Å². The summed E-state index contributed by atoms with van der Waals surface area (Å²) < 4.78 is 27.1. The number of sulfonamides is 1. The van der Waals surface area contributed by atoms with Gasteiger partial charge in [0.05, 0.1) is 5.75 Å². The zero-order valence-corrected chi connectivity index (χ0v) is 12.1. The first-order valence-corrected chi connectivity index (χ1v) is 8.48. The van der Waals surface area contributed by atoms with Gasteiger partial charge in [0.2, 0.25) is 10.0 Å². The lowest BCUT2D eigenvalue weighted by molar-refractivity contribution is 0.399. The maximum Gasteiger partial charge on any atom is 0.212 e. The molecule has 106 valence electrons. The summed E-state index contributed by atoms with van der Waals surface area (Å²) in [5.41, 5.74) is 0.997. The molecule has 1 saturated heterocycles. The van der Waals surface area contributed by atoms with E-state index >= 15 is 0 Å². The molecule has 1 aromatic rings. The van der Waals surface area contributed by atoms with Gasteiger partial charge in [-0.3, -0.25) is 0 Å². The fourth-order valence-electron chi connectivity index (χ4n) is 2.49. The molecule has 1 aromatic carbocycles. The second kappa shape index (κ2) is 6.50. The molecular weight excluding hydrogens is 260 g/mol. The molecule has 0 aromatic heterocycles. The molecule has 0 saturated carbocycles. The molecule has 0 spiro atoms. The lowest BCUT2D eigenvalue weighted by Crippen LogP contribution is -2.36. The lowest BCUT2D eigenvalue weighted by atomic mass is 10.0. The van der Waals surface area contributed by atoms with Crippen molar-refractivity contribution < 1.29 is 8.42 Å². The van der Waals surface area contributed by atoms with Crippen LogP contribution >= 0.6 is 0 Å². The molecule has 5 heteroatoms. The van der Waals surface area contributed by atoms with Crippen LogP contribution in [0.2, 0.25) is 0 Å². The van der Waals surface area contributed by atoms with Crippen molar-refractivity contribution in [2.45, 2.75) is 25.8 Å². The summed E-state index contributed by atoms with van der Waals surface area (Å²) in [6.45, 7) is 3.73. The monoisotopic (exact) mass is 282 g/mol. The van der Waals surface area contributed by atoms with Crippen LogP contribution in [0.1, 0.15) is 31.4 Å². The summed E-state index contributed by atoms with van der Waals surface area (Å²) >= 11 is 0. The lowest BCUT2D eigenvalue weighted by Gasteiger charge is -2.23. The fraction of sp³-hybridized carbons (Fsp3) is 0.571. The van der Waals surface area contributed by atoms with Crippen molar-refractivity contribution in [1.82, 2.24) is 10.0 Å². The molecule has 0 bridgehead atoms. The van der Waals surface area contributed by atoms with Crippen molar-refractivity contribution in [3.8, 4) is 0 Å². The first-order valence-electron chi connectivity index (χ1n) is 6.82. The zero-order valence-electron chi connectivity index (χ0n) is 11.3. The summed E-state index contributed by atoms with van der Waals surface area (Å²) in [5.74, 6) is 0.521. The van der Waals surface area contributed by atoms with Gasteiger partial charge in [-0.15, -0.1) is 0 Å². The molecule has 1 heterocycles. The third-order valence-electron chi connectivity index (χ3n) is 3.57. The van der Waals surface area contributed by atoms with Crippen LogP contribution in [0.15, 0.2) is 30.3 Å². The van der Waals surface area contributed by atoms with E-state index in [0.717, 1.165) is 31.5 Å². The smallest absolute Gasteiger partial charge is 0.212 e. The van der Waals surface area contributed by atoms with Gasteiger partial charge in [0.1, 0.15) is 0 Å². The second-order valence-corrected chi connectivity index (χ2v) is 7.02. The summed E-state index contributed by atoms with van der Waals surface area (Å²) in [6.07, 6.45) is 1.89. The Bertz CT molecular complexity index is 481. The highest BCUT2D eigenvalue weighted by atomic mass is 32.2. The summed E-state index contributed by atoms with van der Waals surface area (Å²) in [4.78, 5) is 0.